The highest BCUT2D eigenvalue weighted by Crippen LogP contribution is 2.36. The first-order chi connectivity index (χ1) is 10.1. The predicted octanol–water partition coefficient (Wildman–Crippen LogP) is 3.17. The Kier molecular flexibility index (Phi) is 4.77. The maximum atomic E-state index is 13.8. The van der Waals surface area contributed by atoms with Gasteiger partial charge in [0.1, 0.15) is 11.6 Å². The van der Waals surface area contributed by atoms with Gasteiger partial charge in [-0.2, -0.15) is 0 Å². The molecule has 0 bridgehead atoms. The van der Waals surface area contributed by atoms with Gasteiger partial charge < -0.3 is 19.7 Å². The highest BCUT2D eigenvalue weighted by Gasteiger charge is 2.16. The summed E-state index contributed by atoms with van der Waals surface area (Å²) in [6.07, 6.45) is -0.996. The number of halogens is 1. The predicted molar refractivity (Wildman–Crippen MR) is 76.0 cm³/mol. The summed E-state index contributed by atoms with van der Waals surface area (Å²) in [6, 6.07) is 9.29. The molecule has 112 valence electrons. The number of hydrogen-bond donors (Lipinski definition) is 2. The van der Waals surface area contributed by atoms with Gasteiger partial charge in [0.15, 0.2) is 11.5 Å². The van der Waals surface area contributed by atoms with Crippen LogP contribution in [0.5, 0.6) is 17.2 Å². The maximum Gasteiger partial charge on any atom is 0.169 e. The van der Waals surface area contributed by atoms with E-state index < -0.39 is 11.9 Å². The molecule has 0 amide bonds. The van der Waals surface area contributed by atoms with E-state index in [9.17, 15) is 9.50 Å². The molecule has 2 aromatic rings. The minimum Gasteiger partial charge on any atom is -0.493 e. The van der Waals surface area contributed by atoms with Crippen LogP contribution in [0.4, 0.5) is 4.39 Å². The molecule has 2 rings (SSSR count). The lowest BCUT2D eigenvalue weighted by Gasteiger charge is -2.16. The second kappa shape index (κ2) is 6.56. The summed E-state index contributed by atoms with van der Waals surface area (Å²) in [6.45, 7) is 1.35. The van der Waals surface area contributed by atoms with Crippen LogP contribution < -0.4 is 9.47 Å². The van der Waals surface area contributed by atoms with Gasteiger partial charge in [-0.1, -0.05) is 12.1 Å². The highest BCUT2D eigenvalue weighted by atomic mass is 19.1. The van der Waals surface area contributed by atoms with Crippen molar-refractivity contribution in [3.8, 4) is 17.2 Å². The smallest absolute Gasteiger partial charge is 0.169 e. The molecule has 0 spiro atoms. The molecule has 0 saturated carbocycles. The van der Waals surface area contributed by atoms with Crippen LogP contribution in [0.25, 0.3) is 0 Å². The minimum absolute atomic E-state index is 0.0887. The fourth-order valence-corrected chi connectivity index (χ4v) is 2.02. The molecular formula is C16H17FO4. The van der Waals surface area contributed by atoms with E-state index >= 15 is 0 Å². The number of rotatable bonds is 5. The maximum absolute atomic E-state index is 13.8. The number of benzene rings is 2. The zero-order valence-corrected chi connectivity index (χ0v) is 11.8. The van der Waals surface area contributed by atoms with E-state index in [1.807, 2.05) is 0 Å². The number of aliphatic hydroxyl groups excluding tert-OH is 2. The van der Waals surface area contributed by atoms with E-state index in [4.69, 9.17) is 14.6 Å². The summed E-state index contributed by atoms with van der Waals surface area (Å²) in [4.78, 5) is 0. The van der Waals surface area contributed by atoms with Crippen molar-refractivity contribution in [2.45, 2.75) is 19.6 Å². The van der Waals surface area contributed by atoms with E-state index in [1.165, 1.54) is 26.2 Å². The molecule has 0 radical (unpaired) electrons. The van der Waals surface area contributed by atoms with Crippen LogP contribution in [0.3, 0.4) is 0 Å². The van der Waals surface area contributed by atoms with Crippen LogP contribution >= 0.6 is 0 Å². The van der Waals surface area contributed by atoms with Gasteiger partial charge in [0.2, 0.25) is 0 Å². The molecule has 4 nitrogen and oxygen atoms in total. The molecule has 1 atom stereocenters. The SMILES string of the molecule is COc1cc(CO)ccc1Oc1cccc(F)c1[C@H](C)O. The lowest BCUT2D eigenvalue weighted by Crippen LogP contribution is -2.01. The van der Waals surface area contributed by atoms with Crippen molar-refractivity contribution >= 4 is 0 Å². The third kappa shape index (κ3) is 3.32. The highest BCUT2D eigenvalue weighted by molar-refractivity contribution is 5.47. The zero-order chi connectivity index (χ0) is 15.4. The number of ether oxygens (including phenoxy) is 2. The van der Waals surface area contributed by atoms with Gasteiger partial charge in [0, 0.05) is 0 Å². The lowest BCUT2D eigenvalue weighted by molar-refractivity contribution is 0.190. The van der Waals surface area contributed by atoms with Gasteiger partial charge in [-0.15, -0.1) is 0 Å². The summed E-state index contributed by atoms with van der Waals surface area (Å²) in [7, 11) is 1.48. The molecule has 0 saturated heterocycles. The zero-order valence-electron chi connectivity index (χ0n) is 11.8. The van der Waals surface area contributed by atoms with Crippen molar-refractivity contribution in [3.63, 3.8) is 0 Å². The molecule has 5 heteroatoms. The molecule has 0 heterocycles. The van der Waals surface area contributed by atoms with E-state index in [0.29, 0.717) is 17.1 Å². The molecule has 21 heavy (non-hydrogen) atoms. The van der Waals surface area contributed by atoms with Gasteiger partial charge in [-0.05, 0) is 36.8 Å². The van der Waals surface area contributed by atoms with Gasteiger partial charge in [-0.25, -0.2) is 4.39 Å². The largest absolute Gasteiger partial charge is 0.493 e. The Labute approximate surface area is 122 Å². The van der Waals surface area contributed by atoms with Gasteiger partial charge in [0.25, 0.3) is 0 Å². The summed E-state index contributed by atoms with van der Waals surface area (Å²) >= 11 is 0. The van der Waals surface area contributed by atoms with Gasteiger partial charge >= 0.3 is 0 Å². The van der Waals surface area contributed by atoms with E-state index in [0.717, 1.165) is 0 Å². The fraction of sp³-hybridized carbons (Fsp3) is 0.250. The molecule has 0 aliphatic carbocycles. The van der Waals surface area contributed by atoms with E-state index in [-0.39, 0.29) is 17.9 Å². The summed E-state index contributed by atoms with van der Waals surface area (Å²) in [5.74, 6) is 0.484. The Hall–Kier alpha value is -2.11. The van der Waals surface area contributed by atoms with Crippen LogP contribution in [-0.4, -0.2) is 17.3 Å². The third-order valence-corrected chi connectivity index (χ3v) is 3.06. The third-order valence-electron chi connectivity index (χ3n) is 3.06. The quantitative estimate of drug-likeness (QED) is 0.888. The van der Waals surface area contributed by atoms with Crippen LogP contribution in [-0.2, 0) is 6.61 Å². The number of methoxy groups -OCH3 is 1. The van der Waals surface area contributed by atoms with Crippen molar-refractivity contribution in [1.82, 2.24) is 0 Å². The van der Waals surface area contributed by atoms with Crippen molar-refractivity contribution in [1.29, 1.82) is 0 Å². The first-order valence-electron chi connectivity index (χ1n) is 6.49. The summed E-state index contributed by atoms with van der Waals surface area (Å²) in [5.41, 5.74) is 0.764. The minimum atomic E-state index is -0.996. The van der Waals surface area contributed by atoms with Gasteiger partial charge in [-0.3, -0.25) is 0 Å². The first-order valence-corrected chi connectivity index (χ1v) is 6.49. The molecule has 2 aromatic carbocycles. The van der Waals surface area contributed by atoms with Crippen molar-refractivity contribution in [2.75, 3.05) is 7.11 Å². The standard InChI is InChI=1S/C16H17FO4/c1-10(19)16-12(17)4-3-5-14(16)21-13-7-6-11(9-18)8-15(13)20-2/h3-8,10,18-19H,9H2,1-2H3/t10-/m0/s1. The molecular weight excluding hydrogens is 275 g/mol. The number of aliphatic hydroxyl groups is 2. The average Bonchev–Trinajstić information content (AvgIpc) is 2.47. The number of hydrogen-bond acceptors (Lipinski definition) is 4. The summed E-state index contributed by atoms with van der Waals surface area (Å²) in [5, 5.41) is 18.8. The Balaban J connectivity index is 2.41. The molecule has 0 aliphatic rings. The van der Waals surface area contributed by atoms with Crippen LogP contribution in [0.15, 0.2) is 36.4 Å². The normalized spacial score (nSPS) is 12.0. The monoisotopic (exact) mass is 292 g/mol. The van der Waals surface area contributed by atoms with Gasteiger partial charge in [0.05, 0.1) is 25.4 Å². The second-order valence-electron chi connectivity index (χ2n) is 4.57. The van der Waals surface area contributed by atoms with Crippen molar-refractivity contribution in [2.24, 2.45) is 0 Å². The Morgan fingerprint density at radius 1 is 1.14 bits per heavy atom. The molecule has 0 aliphatic heterocycles. The van der Waals surface area contributed by atoms with E-state index in [2.05, 4.69) is 0 Å². The topological polar surface area (TPSA) is 58.9 Å². The molecule has 0 aromatic heterocycles. The van der Waals surface area contributed by atoms with Crippen molar-refractivity contribution < 1.29 is 24.1 Å². The van der Waals surface area contributed by atoms with Crippen LogP contribution in [0.2, 0.25) is 0 Å². The fourth-order valence-electron chi connectivity index (χ4n) is 2.02. The second-order valence-corrected chi connectivity index (χ2v) is 4.57. The molecule has 2 N–H and O–H groups in total. The summed E-state index contributed by atoms with van der Waals surface area (Å²) < 4.78 is 24.7. The molecule has 0 fully saturated rings. The first kappa shape index (κ1) is 15.3. The van der Waals surface area contributed by atoms with Crippen LogP contribution in [0.1, 0.15) is 24.2 Å². The Bertz CT molecular complexity index is 626. The molecule has 0 unspecified atom stereocenters. The Morgan fingerprint density at radius 2 is 1.90 bits per heavy atom. The van der Waals surface area contributed by atoms with Crippen molar-refractivity contribution in [3.05, 3.63) is 53.3 Å². The average molecular weight is 292 g/mol. The van der Waals surface area contributed by atoms with Crippen LogP contribution in [0, 0.1) is 5.82 Å². The Morgan fingerprint density at radius 3 is 2.52 bits per heavy atom. The van der Waals surface area contributed by atoms with E-state index in [1.54, 1.807) is 24.3 Å². The lowest BCUT2D eigenvalue weighted by atomic mass is 10.1.